The molecule has 0 aromatic carbocycles. The van der Waals surface area contributed by atoms with Crippen molar-refractivity contribution in [1.29, 1.82) is 0 Å². The molecule has 0 unspecified atom stereocenters. The monoisotopic (exact) mass is 356 g/mol. The molecule has 2 aromatic rings. The van der Waals surface area contributed by atoms with Gasteiger partial charge in [-0.05, 0) is 12.1 Å². The van der Waals surface area contributed by atoms with Crippen LogP contribution in [0.2, 0.25) is 0 Å². The molecule has 1 amide bonds. The number of aromatic nitrogens is 2. The van der Waals surface area contributed by atoms with Gasteiger partial charge in [-0.3, -0.25) is 4.79 Å². The van der Waals surface area contributed by atoms with Crippen LogP contribution in [0.5, 0.6) is 0 Å². The topological polar surface area (TPSA) is 119 Å². The van der Waals surface area contributed by atoms with Crippen molar-refractivity contribution in [3.05, 3.63) is 28.9 Å². The summed E-state index contributed by atoms with van der Waals surface area (Å²) in [6.45, 7) is 0.723. The van der Waals surface area contributed by atoms with Crippen LogP contribution in [0.3, 0.4) is 0 Å². The summed E-state index contributed by atoms with van der Waals surface area (Å²) in [7, 11) is -3.26. The van der Waals surface area contributed by atoms with Gasteiger partial charge in [0.15, 0.2) is 5.76 Å². The molecule has 130 valence electrons. The quantitative estimate of drug-likeness (QED) is 0.703. The predicted octanol–water partition coefficient (Wildman–Crippen LogP) is -0.800. The van der Waals surface area contributed by atoms with Crippen molar-refractivity contribution in [2.24, 2.45) is 0 Å². The number of furan rings is 1. The van der Waals surface area contributed by atoms with Gasteiger partial charge in [-0.2, -0.15) is 8.99 Å². The highest BCUT2D eigenvalue weighted by atomic mass is 32.2. The number of hydrogen-bond acceptors (Lipinski definition) is 7. The van der Waals surface area contributed by atoms with E-state index in [0.29, 0.717) is 5.76 Å². The second kappa shape index (κ2) is 6.24. The highest BCUT2D eigenvalue weighted by molar-refractivity contribution is 7.88. The summed E-state index contributed by atoms with van der Waals surface area (Å²) in [6, 6.07) is 3.21. The molecule has 1 aliphatic heterocycles. The fourth-order valence-electron chi connectivity index (χ4n) is 2.40. The number of carbonyl (C=O) groups excluding carboxylic acids is 1. The number of piperazine rings is 1. The van der Waals surface area contributed by atoms with Gasteiger partial charge >= 0.3 is 5.76 Å². The first-order valence-corrected chi connectivity index (χ1v) is 9.04. The van der Waals surface area contributed by atoms with E-state index in [4.69, 9.17) is 8.83 Å². The van der Waals surface area contributed by atoms with Crippen LogP contribution in [0.25, 0.3) is 11.7 Å². The van der Waals surface area contributed by atoms with Gasteiger partial charge in [0, 0.05) is 26.2 Å². The molecule has 0 atom stereocenters. The SMILES string of the molecule is CS(=O)(=O)N1CCN(C(=O)Cn2nc(-c3ccco3)oc2=O)CC1. The van der Waals surface area contributed by atoms with Gasteiger partial charge in [0.05, 0.1) is 12.5 Å². The van der Waals surface area contributed by atoms with Gasteiger partial charge in [0.1, 0.15) is 6.54 Å². The molecule has 0 bridgehead atoms. The molecule has 24 heavy (non-hydrogen) atoms. The molecule has 1 saturated heterocycles. The Morgan fingerprint density at radius 3 is 2.58 bits per heavy atom. The average molecular weight is 356 g/mol. The lowest BCUT2D eigenvalue weighted by Crippen LogP contribution is -2.51. The second-order valence-electron chi connectivity index (χ2n) is 5.35. The third kappa shape index (κ3) is 3.41. The molecule has 1 aliphatic rings. The van der Waals surface area contributed by atoms with Crippen LogP contribution in [0.1, 0.15) is 0 Å². The Labute approximate surface area is 137 Å². The van der Waals surface area contributed by atoms with Gasteiger partial charge in [-0.15, -0.1) is 5.10 Å². The largest absolute Gasteiger partial charge is 0.459 e. The van der Waals surface area contributed by atoms with Crippen LogP contribution in [-0.2, 0) is 21.4 Å². The molecular weight excluding hydrogens is 340 g/mol. The molecule has 0 saturated carbocycles. The first-order chi connectivity index (χ1) is 11.3. The van der Waals surface area contributed by atoms with E-state index in [0.717, 1.165) is 10.9 Å². The van der Waals surface area contributed by atoms with Crippen molar-refractivity contribution in [3.63, 3.8) is 0 Å². The molecule has 3 heterocycles. The molecule has 11 heteroatoms. The Balaban J connectivity index is 1.65. The summed E-state index contributed by atoms with van der Waals surface area (Å²) in [6.07, 6.45) is 2.55. The standard InChI is InChI=1S/C13H16N4O6S/c1-24(20,21)16-6-4-15(5-7-16)11(18)9-17-13(19)23-12(14-17)10-3-2-8-22-10/h2-3,8H,4-7,9H2,1H3. The van der Waals surface area contributed by atoms with Gasteiger partial charge in [0.25, 0.3) is 5.89 Å². The molecule has 0 aliphatic carbocycles. The van der Waals surface area contributed by atoms with E-state index in [1.54, 1.807) is 12.1 Å². The van der Waals surface area contributed by atoms with E-state index in [9.17, 15) is 18.0 Å². The summed E-state index contributed by atoms with van der Waals surface area (Å²) in [5, 5.41) is 3.93. The third-order valence-electron chi connectivity index (χ3n) is 3.68. The predicted molar refractivity (Wildman–Crippen MR) is 81.5 cm³/mol. The number of hydrogen-bond donors (Lipinski definition) is 0. The Bertz CT molecular complexity index is 874. The van der Waals surface area contributed by atoms with E-state index in [1.165, 1.54) is 15.5 Å². The summed E-state index contributed by atoms with van der Waals surface area (Å²) in [5.74, 6) is -0.797. The molecule has 1 fully saturated rings. The van der Waals surface area contributed by atoms with E-state index >= 15 is 0 Å². The van der Waals surface area contributed by atoms with Crippen LogP contribution >= 0.6 is 0 Å². The van der Waals surface area contributed by atoms with Crippen molar-refractivity contribution in [1.82, 2.24) is 19.0 Å². The minimum absolute atomic E-state index is 0.000282. The second-order valence-corrected chi connectivity index (χ2v) is 7.33. The zero-order chi connectivity index (χ0) is 17.3. The van der Waals surface area contributed by atoms with E-state index in [2.05, 4.69) is 5.10 Å². The lowest BCUT2D eigenvalue weighted by Gasteiger charge is -2.33. The molecule has 3 rings (SSSR count). The van der Waals surface area contributed by atoms with Crippen molar-refractivity contribution < 1.29 is 22.0 Å². The molecule has 0 N–H and O–H groups in total. The molecule has 0 spiro atoms. The Hall–Kier alpha value is -2.40. The Kier molecular flexibility index (Phi) is 4.28. The zero-order valence-corrected chi connectivity index (χ0v) is 13.7. The molecule has 10 nitrogen and oxygen atoms in total. The lowest BCUT2D eigenvalue weighted by molar-refractivity contribution is -0.133. The van der Waals surface area contributed by atoms with Crippen LogP contribution in [-0.4, -0.2) is 65.7 Å². The maximum absolute atomic E-state index is 12.3. The van der Waals surface area contributed by atoms with Gasteiger partial charge in [-0.25, -0.2) is 13.2 Å². The Morgan fingerprint density at radius 1 is 1.29 bits per heavy atom. The highest BCUT2D eigenvalue weighted by Crippen LogP contribution is 2.15. The number of nitrogens with zero attached hydrogens (tertiary/aromatic N) is 4. The zero-order valence-electron chi connectivity index (χ0n) is 12.9. The summed E-state index contributed by atoms with van der Waals surface area (Å²) < 4.78 is 35.2. The smallest absolute Gasteiger partial charge is 0.437 e. The average Bonchev–Trinajstić information content (AvgIpc) is 3.17. The van der Waals surface area contributed by atoms with Crippen LogP contribution < -0.4 is 5.76 Å². The lowest BCUT2D eigenvalue weighted by atomic mass is 10.3. The van der Waals surface area contributed by atoms with Crippen molar-refractivity contribution in [3.8, 4) is 11.7 Å². The molecular formula is C13H16N4O6S. The maximum Gasteiger partial charge on any atom is 0.437 e. The van der Waals surface area contributed by atoms with Crippen molar-refractivity contribution in [2.75, 3.05) is 32.4 Å². The van der Waals surface area contributed by atoms with Gasteiger partial charge in [0.2, 0.25) is 15.9 Å². The minimum atomic E-state index is -3.26. The first-order valence-electron chi connectivity index (χ1n) is 7.19. The fraction of sp³-hybridized carbons (Fsp3) is 0.462. The number of sulfonamides is 1. The summed E-state index contributed by atoms with van der Waals surface area (Å²) in [5.41, 5.74) is 0. The fourth-order valence-corrected chi connectivity index (χ4v) is 3.23. The Morgan fingerprint density at radius 2 is 2.00 bits per heavy atom. The summed E-state index contributed by atoms with van der Waals surface area (Å²) >= 11 is 0. The number of rotatable bonds is 4. The number of carbonyl (C=O) groups is 1. The third-order valence-corrected chi connectivity index (χ3v) is 4.99. The highest BCUT2D eigenvalue weighted by Gasteiger charge is 2.26. The molecule has 2 aromatic heterocycles. The maximum atomic E-state index is 12.3. The molecule has 0 radical (unpaired) electrons. The van der Waals surface area contributed by atoms with Crippen molar-refractivity contribution >= 4 is 15.9 Å². The minimum Gasteiger partial charge on any atom is -0.459 e. The van der Waals surface area contributed by atoms with Crippen LogP contribution in [0, 0.1) is 0 Å². The van der Waals surface area contributed by atoms with Gasteiger partial charge in [-0.1, -0.05) is 0 Å². The van der Waals surface area contributed by atoms with Crippen molar-refractivity contribution in [2.45, 2.75) is 6.54 Å². The van der Waals surface area contributed by atoms with E-state index in [1.807, 2.05) is 0 Å². The van der Waals surface area contributed by atoms with Gasteiger partial charge < -0.3 is 13.7 Å². The summed E-state index contributed by atoms with van der Waals surface area (Å²) in [4.78, 5) is 25.5. The van der Waals surface area contributed by atoms with E-state index in [-0.39, 0.29) is 44.5 Å². The number of amides is 1. The normalized spacial score (nSPS) is 16.5. The van der Waals surface area contributed by atoms with Crippen LogP contribution in [0.15, 0.2) is 32.0 Å². The first kappa shape index (κ1) is 16.5. The van der Waals surface area contributed by atoms with E-state index < -0.39 is 15.8 Å². The van der Waals surface area contributed by atoms with Crippen LogP contribution in [0.4, 0.5) is 0 Å².